The number of nitrogens with one attached hydrogen (secondary N) is 1. The van der Waals surface area contributed by atoms with Crippen molar-refractivity contribution in [1.29, 1.82) is 0 Å². The molecule has 0 fully saturated rings. The van der Waals surface area contributed by atoms with Crippen molar-refractivity contribution in [1.82, 2.24) is 0 Å². The van der Waals surface area contributed by atoms with E-state index in [0.29, 0.717) is 5.02 Å². The van der Waals surface area contributed by atoms with Gasteiger partial charge < -0.3 is 15.8 Å². The average Bonchev–Trinajstić information content (AvgIpc) is 2.51. The van der Waals surface area contributed by atoms with Crippen molar-refractivity contribution in [3.8, 4) is 0 Å². The van der Waals surface area contributed by atoms with Gasteiger partial charge in [0.25, 0.3) is 5.91 Å². The van der Waals surface area contributed by atoms with E-state index in [2.05, 4.69) is 5.32 Å². The van der Waals surface area contributed by atoms with Crippen LogP contribution in [0.1, 0.15) is 10.4 Å². The van der Waals surface area contributed by atoms with E-state index in [0.717, 1.165) is 0 Å². The minimum absolute atomic E-state index is 0.0843. The number of esters is 1. The van der Waals surface area contributed by atoms with Gasteiger partial charge in [-0.15, -0.1) is 0 Å². The minimum Gasteiger partial charge on any atom is -0.452 e. The fourth-order valence-corrected chi connectivity index (χ4v) is 2.37. The number of ether oxygens (including phenoxy) is 1. The molecule has 0 aliphatic heterocycles. The smallest absolute Gasteiger partial charge is 0.340 e. The summed E-state index contributed by atoms with van der Waals surface area (Å²) in [6, 6.07) is 9.16. The van der Waals surface area contributed by atoms with Gasteiger partial charge in [0.15, 0.2) is 6.61 Å². The monoisotopic (exact) mass is 372 g/mol. The summed E-state index contributed by atoms with van der Waals surface area (Å²) < 4.78 is 4.90. The number of halogens is 3. The first-order valence-electron chi connectivity index (χ1n) is 6.34. The Hall–Kier alpha value is -1.95. The third-order valence-corrected chi connectivity index (χ3v) is 3.66. The predicted octanol–water partition coefficient (Wildman–Crippen LogP) is 4.02. The number of nitrogens with two attached hydrogens (primary N) is 1. The second-order valence-corrected chi connectivity index (χ2v) is 5.70. The van der Waals surface area contributed by atoms with Crippen molar-refractivity contribution >= 4 is 58.1 Å². The number of amides is 1. The zero-order valence-corrected chi connectivity index (χ0v) is 13.9. The summed E-state index contributed by atoms with van der Waals surface area (Å²) in [4.78, 5) is 23.8. The average molecular weight is 374 g/mol. The Morgan fingerprint density at radius 1 is 1.09 bits per heavy atom. The second-order valence-electron chi connectivity index (χ2n) is 4.45. The Kier molecular flexibility index (Phi) is 5.71. The van der Waals surface area contributed by atoms with Crippen LogP contribution in [0.3, 0.4) is 0 Å². The maximum absolute atomic E-state index is 11.9. The summed E-state index contributed by atoms with van der Waals surface area (Å²) in [6.07, 6.45) is 0. The van der Waals surface area contributed by atoms with Crippen LogP contribution in [0.5, 0.6) is 0 Å². The zero-order valence-electron chi connectivity index (χ0n) is 11.6. The maximum Gasteiger partial charge on any atom is 0.340 e. The van der Waals surface area contributed by atoms with Gasteiger partial charge in [0, 0.05) is 10.7 Å². The molecule has 1 amide bonds. The number of rotatable bonds is 4. The van der Waals surface area contributed by atoms with Crippen molar-refractivity contribution in [3.63, 3.8) is 0 Å². The van der Waals surface area contributed by atoms with Gasteiger partial charge in [-0.05, 0) is 30.3 Å². The molecule has 2 rings (SSSR count). The fraction of sp³-hybridized carbons (Fsp3) is 0.0667. The molecule has 0 saturated heterocycles. The van der Waals surface area contributed by atoms with Gasteiger partial charge in [-0.1, -0.05) is 40.9 Å². The molecule has 0 aliphatic carbocycles. The number of para-hydroxylation sites is 1. The van der Waals surface area contributed by atoms with E-state index >= 15 is 0 Å². The van der Waals surface area contributed by atoms with E-state index in [9.17, 15) is 9.59 Å². The molecule has 0 radical (unpaired) electrons. The van der Waals surface area contributed by atoms with E-state index in [-0.39, 0.29) is 27.0 Å². The van der Waals surface area contributed by atoms with Gasteiger partial charge in [0.05, 0.1) is 21.3 Å². The van der Waals surface area contributed by atoms with Crippen LogP contribution in [0.25, 0.3) is 0 Å². The first kappa shape index (κ1) is 17.4. The highest BCUT2D eigenvalue weighted by Gasteiger charge is 2.15. The molecule has 2 aromatic rings. The zero-order chi connectivity index (χ0) is 17.0. The van der Waals surface area contributed by atoms with E-state index < -0.39 is 18.5 Å². The maximum atomic E-state index is 11.9. The molecular formula is C15H11Cl3N2O3. The third-order valence-electron chi connectivity index (χ3n) is 2.80. The summed E-state index contributed by atoms with van der Waals surface area (Å²) in [5.74, 6) is -1.35. The van der Waals surface area contributed by atoms with Crippen LogP contribution in [0.4, 0.5) is 11.4 Å². The quantitative estimate of drug-likeness (QED) is 0.626. The Morgan fingerprint density at radius 2 is 1.74 bits per heavy atom. The van der Waals surface area contributed by atoms with Crippen LogP contribution >= 0.6 is 34.8 Å². The van der Waals surface area contributed by atoms with Gasteiger partial charge in [-0.25, -0.2) is 4.79 Å². The molecule has 120 valence electrons. The molecule has 3 N–H and O–H groups in total. The standard InChI is InChI=1S/C15H11Cl3N2O3/c16-8-4-5-12(19)9(6-8)15(22)23-7-13(21)20-14-10(17)2-1-3-11(14)18/h1-6H,7,19H2,(H,20,21). The van der Waals surface area contributed by atoms with Gasteiger partial charge in [-0.3, -0.25) is 4.79 Å². The molecule has 23 heavy (non-hydrogen) atoms. The Morgan fingerprint density at radius 3 is 2.39 bits per heavy atom. The number of carbonyl (C=O) groups is 2. The summed E-state index contributed by atoms with van der Waals surface area (Å²) in [7, 11) is 0. The van der Waals surface area contributed by atoms with E-state index in [1.165, 1.54) is 12.1 Å². The van der Waals surface area contributed by atoms with E-state index in [4.69, 9.17) is 45.3 Å². The minimum atomic E-state index is -0.759. The highest BCUT2D eigenvalue weighted by Crippen LogP contribution is 2.29. The molecular weight excluding hydrogens is 363 g/mol. The number of nitrogen functional groups attached to an aromatic ring is 1. The number of benzene rings is 2. The normalized spacial score (nSPS) is 10.2. The Balaban J connectivity index is 1.99. The van der Waals surface area contributed by atoms with Crippen LogP contribution in [-0.2, 0) is 9.53 Å². The van der Waals surface area contributed by atoms with Crippen molar-refractivity contribution < 1.29 is 14.3 Å². The summed E-state index contributed by atoms with van der Waals surface area (Å²) >= 11 is 17.7. The Bertz CT molecular complexity index is 745. The number of hydrogen-bond donors (Lipinski definition) is 2. The largest absolute Gasteiger partial charge is 0.452 e. The lowest BCUT2D eigenvalue weighted by atomic mass is 10.2. The summed E-state index contributed by atoms with van der Waals surface area (Å²) in [6.45, 7) is -0.521. The number of hydrogen-bond acceptors (Lipinski definition) is 4. The number of anilines is 2. The molecule has 2 aromatic carbocycles. The molecule has 0 heterocycles. The Labute approximate surface area is 147 Å². The van der Waals surface area contributed by atoms with Gasteiger partial charge in [0.1, 0.15) is 0 Å². The molecule has 5 nitrogen and oxygen atoms in total. The first-order chi connectivity index (χ1) is 10.9. The van der Waals surface area contributed by atoms with Crippen LogP contribution in [0.2, 0.25) is 15.1 Å². The lowest BCUT2D eigenvalue weighted by Gasteiger charge is -2.10. The van der Waals surface area contributed by atoms with E-state index in [1.54, 1.807) is 24.3 Å². The van der Waals surface area contributed by atoms with Crippen molar-refractivity contribution in [2.75, 3.05) is 17.7 Å². The first-order valence-corrected chi connectivity index (χ1v) is 7.48. The van der Waals surface area contributed by atoms with Crippen molar-refractivity contribution in [2.45, 2.75) is 0 Å². The highest BCUT2D eigenvalue weighted by molar-refractivity contribution is 6.39. The third kappa shape index (κ3) is 4.51. The molecule has 0 bridgehead atoms. The van der Waals surface area contributed by atoms with Crippen molar-refractivity contribution in [2.24, 2.45) is 0 Å². The van der Waals surface area contributed by atoms with Crippen LogP contribution in [0.15, 0.2) is 36.4 Å². The molecule has 0 aliphatic rings. The van der Waals surface area contributed by atoms with Crippen LogP contribution in [-0.4, -0.2) is 18.5 Å². The van der Waals surface area contributed by atoms with Crippen LogP contribution < -0.4 is 11.1 Å². The summed E-state index contributed by atoms with van der Waals surface area (Å²) in [5.41, 5.74) is 6.20. The molecule has 8 heteroatoms. The van der Waals surface area contributed by atoms with Crippen molar-refractivity contribution in [3.05, 3.63) is 57.0 Å². The summed E-state index contributed by atoms with van der Waals surface area (Å²) in [5, 5.41) is 3.35. The fourth-order valence-electron chi connectivity index (χ4n) is 1.71. The van der Waals surface area contributed by atoms with Gasteiger partial charge >= 0.3 is 5.97 Å². The lowest BCUT2D eigenvalue weighted by Crippen LogP contribution is -2.21. The highest BCUT2D eigenvalue weighted by atomic mass is 35.5. The molecule has 0 atom stereocenters. The molecule has 0 aromatic heterocycles. The van der Waals surface area contributed by atoms with Gasteiger partial charge in [-0.2, -0.15) is 0 Å². The topological polar surface area (TPSA) is 81.4 Å². The SMILES string of the molecule is Nc1ccc(Cl)cc1C(=O)OCC(=O)Nc1c(Cl)cccc1Cl. The number of carbonyl (C=O) groups excluding carboxylic acids is 2. The van der Waals surface area contributed by atoms with Gasteiger partial charge in [0.2, 0.25) is 0 Å². The molecule has 0 saturated carbocycles. The van der Waals surface area contributed by atoms with E-state index in [1.807, 2.05) is 0 Å². The molecule has 0 unspecified atom stereocenters. The lowest BCUT2D eigenvalue weighted by molar-refractivity contribution is -0.119. The predicted molar refractivity (Wildman–Crippen MR) is 91.2 cm³/mol. The second kappa shape index (κ2) is 7.55. The van der Waals surface area contributed by atoms with Crippen LogP contribution in [0, 0.1) is 0 Å². The molecule has 0 spiro atoms.